The Hall–Kier alpha value is -2.77. The second kappa shape index (κ2) is 5.79. The Balaban J connectivity index is 1.78. The number of nitrogens with one attached hydrogen (secondary N) is 1. The molecule has 2 N–H and O–H groups in total. The number of amides is 1. The first-order valence-corrected chi connectivity index (χ1v) is 7.24. The van der Waals surface area contributed by atoms with E-state index in [9.17, 15) is 19.1 Å². The van der Waals surface area contributed by atoms with E-state index in [0.29, 0.717) is 18.5 Å². The number of hydrogen-bond acceptors (Lipinski definition) is 4. The number of rotatable bonds is 4. The Kier molecular flexibility index (Phi) is 3.81. The Bertz CT molecular complexity index is 735. The molecule has 1 amide bonds. The van der Waals surface area contributed by atoms with Gasteiger partial charge >= 0.3 is 5.97 Å². The van der Waals surface area contributed by atoms with Crippen LogP contribution in [0.15, 0.2) is 30.5 Å². The summed E-state index contributed by atoms with van der Waals surface area (Å²) >= 11 is 0. The van der Waals surface area contributed by atoms with E-state index < -0.39 is 17.4 Å². The minimum atomic E-state index is -1.23. The minimum absolute atomic E-state index is 0.0156. The molecule has 0 atom stereocenters. The number of carbonyl (C=O) groups is 2. The average Bonchev–Trinajstić information content (AvgIpc) is 3.17. The van der Waals surface area contributed by atoms with Crippen LogP contribution < -0.4 is 5.32 Å². The molecule has 0 radical (unpaired) electrons. The van der Waals surface area contributed by atoms with E-state index in [1.807, 2.05) is 0 Å². The molecule has 0 spiro atoms. The number of carboxylic acid groups (broad SMARTS) is 1. The summed E-state index contributed by atoms with van der Waals surface area (Å²) in [4.78, 5) is 24.9. The maximum atomic E-state index is 12.9. The summed E-state index contributed by atoms with van der Waals surface area (Å²) in [6, 6.07) is 5.48. The third kappa shape index (κ3) is 2.92. The number of halogens is 1. The zero-order valence-corrected chi connectivity index (χ0v) is 12.2. The highest BCUT2D eigenvalue weighted by molar-refractivity contribution is 5.96. The van der Waals surface area contributed by atoms with Crippen LogP contribution >= 0.6 is 0 Å². The molecule has 1 saturated carbocycles. The molecule has 0 aliphatic heterocycles. The highest BCUT2D eigenvalue weighted by Crippen LogP contribution is 2.30. The van der Waals surface area contributed by atoms with Crippen molar-refractivity contribution in [2.24, 2.45) is 0 Å². The van der Waals surface area contributed by atoms with Gasteiger partial charge in [-0.1, -0.05) is 12.8 Å². The van der Waals surface area contributed by atoms with Crippen LogP contribution in [0.5, 0.6) is 0 Å². The highest BCUT2D eigenvalue weighted by atomic mass is 19.1. The standard InChI is InChI=1S/C15H15FN4O3/c16-10-3-5-11(6-4-10)20-17-9-12(19-20)13(21)18-15(14(22)23)7-1-2-8-15/h3-6,9H,1-2,7-8H2,(H,18,21)(H,22,23). The predicted molar refractivity (Wildman–Crippen MR) is 77.6 cm³/mol. The number of carboxylic acids is 1. The second-order valence-electron chi connectivity index (χ2n) is 5.54. The maximum Gasteiger partial charge on any atom is 0.329 e. The molecule has 7 nitrogen and oxygen atoms in total. The molecule has 3 rings (SSSR count). The number of nitrogens with zero attached hydrogens (tertiary/aromatic N) is 3. The quantitative estimate of drug-likeness (QED) is 0.891. The summed E-state index contributed by atoms with van der Waals surface area (Å²) in [5, 5.41) is 19.9. The van der Waals surface area contributed by atoms with Gasteiger partial charge in [-0.05, 0) is 37.1 Å². The maximum absolute atomic E-state index is 12.9. The number of benzene rings is 1. The summed E-state index contributed by atoms with van der Waals surface area (Å²) in [5.74, 6) is -2.00. The van der Waals surface area contributed by atoms with E-state index in [1.165, 1.54) is 35.3 Å². The minimum Gasteiger partial charge on any atom is -0.480 e. The van der Waals surface area contributed by atoms with E-state index >= 15 is 0 Å². The second-order valence-corrected chi connectivity index (χ2v) is 5.54. The number of carbonyl (C=O) groups excluding carboxylic acids is 1. The molecular weight excluding hydrogens is 303 g/mol. The van der Waals surface area contributed by atoms with Crippen LogP contribution in [0.25, 0.3) is 5.69 Å². The van der Waals surface area contributed by atoms with Crippen molar-refractivity contribution in [3.63, 3.8) is 0 Å². The molecule has 120 valence electrons. The van der Waals surface area contributed by atoms with E-state index in [2.05, 4.69) is 15.5 Å². The average molecular weight is 318 g/mol. The fraction of sp³-hybridized carbons (Fsp3) is 0.333. The number of aliphatic carboxylic acids is 1. The fourth-order valence-electron chi connectivity index (χ4n) is 2.72. The SMILES string of the molecule is O=C(NC1(C(=O)O)CCCC1)c1cnn(-c2ccc(F)cc2)n1. The van der Waals surface area contributed by atoms with Gasteiger partial charge in [-0.2, -0.15) is 9.90 Å². The van der Waals surface area contributed by atoms with Gasteiger partial charge < -0.3 is 10.4 Å². The van der Waals surface area contributed by atoms with Crippen LogP contribution in [0.4, 0.5) is 4.39 Å². The molecule has 1 aliphatic carbocycles. The zero-order chi connectivity index (χ0) is 16.4. The zero-order valence-electron chi connectivity index (χ0n) is 12.2. The monoisotopic (exact) mass is 318 g/mol. The van der Waals surface area contributed by atoms with Crippen LogP contribution in [0.1, 0.15) is 36.2 Å². The Morgan fingerprint density at radius 2 is 1.87 bits per heavy atom. The van der Waals surface area contributed by atoms with Crippen molar-refractivity contribution in [2.45, 2.75) is 31.2 Å². The van der Waals surface area contributed by atoms with Gasteiger partial charge in [-0.3, -0.25) is 4.79 Å². The Labute approximate surface area is 131 Å². The fourth-order valence-corrected chi connectivity index (χ4v) is 2.72. The lowest BCUT2D eigenvalue weighted by Gasteiger charge is -2.24. The summed E-state index contributed by atoms with van der Waals surface area (Å²) in [7, 11) is 0. The van der Waals surface area contributed by atoms with E-state index in [4.69, 9.17) is 0 Å². The van der Waals surface area contributed by atoms with Gasteiger partial charge in [0.05, 0.1) is 11.9 Å². The summed E-state index contributed by atoms with van der Waals surface area (Å²) in [6.45, 7) is 0. The molecule has 8 heteroatoms. The first-order valence-electron chi connectivity index (χ1n) is 7.24. The van der Waals surface area contributed by atoms with Gasteiger partial charge in [0.2, 0.25) is 0 Å². The molecule has 23 heavy (non-hydrogen) atoms. The molecule has 1 aromatic carbocycles. The molecule has 0 bridgehead atoms. The van der Waals surface area contributed by atoms with Crippen molar-refractivity contribution in [1.82, 2.24) is 20.3 Å². The summed E-state index contributed by atoms with van der Waals surface area (Å²) < 4.78 is 12.9. The Morgan fingerprint density at radius 1 is 1.22 bits per heavy atom. The van der Waals surface area contributed by atoms with E-state index in [0.717, 1.165) is 12.8 Å². The number of hydrogen-bond donors (Lipinski definition) is 2. The molecular formula is C15H15FN4O3. The van der Waals surface area contributed by atoms with Gasteiger partial charge in [0.1, 0.15) is 11.4 Å². The molecule has 1 fully saturated rings. The van der Waals surface area contributed by atoms with Crippen molar-refractivity contribution >= 4 is 11.9 Å². The number of aromatic nitrogens is 3. The lowest BCUT2D eigenvalue weighted by Crippen LogP contribution is -2.52. The Morgan fingerprint density at radius 3 is 2.48 bits per heavy atom. The normalized spacial score (nSPS) is 16.2. The van der Waals surface area contributed by atoms with Crippen LogP contribution in [-0.2, 0) is 4.79 Å². The molecule has 0 unspecified atom stereocenters. The first kappa shape index (κ1) is 15.1. The lowest BCUT2D eigenvalue weighted by atomic mass is 9.98. The van der Waals surface area contributed by atoms with Crippen LogP contribution in [0.2, 0.25) is 0 Å². The first-order chi connectivity index (χ1) is 11.0. The molecule has 2 aromatic rings. The highest BCUT2D eigenvalue weighted by Gasteiger charge is 2.43. The molecule has 0 saturated heterocycles. The van der Waals surface area contributed by atoms with Crippen molar-refractivity contribution in [3.8, 4) is 5.69 Å². The van der Waals surface area contributed by atoms with Crippen molar-refractivity contribution in [1.29, 1.82) is 0 Å². The largest absolute Gasteiger partial charge is 0.480 e. The van der Waals surface area contributed by atoms with Crippen molar-refractivity contribution < 1.29 is 19.1 Å². The van der Waals surface area contributed by atoms with Crippen molar-refractivity contribution in [2.75, 3.05) is 0 Å². The van der Waals surface area contributed by atoms with Gasteiger partial charge in [0, 0.05) is 0 Å². The predicted octanol–water partition coefficient (Wildman–Crippen LogP) is 1.53. The van der Waals surface area contributed by atoms with Crippen LogP contribution in [-0.4, -0.2) is 37.5 Å². The van der Waals surface area contributed by atoms with Gasteiger partial charge in [-0.25, -0.2) is 9.18 Å². The van der Waals surface area contributed by atoms with Gasteiger partial charge in [0.25, 0.3) is 5.91 Å². The van der Waals surface area contributed by atoms with Gasteiger partial charge in [-0.15, -0.1) is 5.10 Å². The van der Waals surface area contributed by atoms with Gasteiger partial charge in [0.15, 0.2) is 5.69 Å². The van der Waals surface area contributed by atoms with E-state index in [1.54, 1.807) is 0 Å². The van der Waals surface area contributed by atoms with Crippen LogP contribution in [0.3, 0.4) is 0 Å². The third-order valence-electron chi connectivity index (χ3n) is 4.00. The van der Waals surface area contributed by atoms with Crippen molar-refractivity contribution in [3.05, 3.63) is 42.0 Å². The molecule has 1 aliphatic rings. The van der Waals surface area contributed by atoms with E-state index in [-0.39, 0.29) is 11.5 Å². The smallest absolute Gasteiger partial charge is 0.329 e. The third-order valence-corrected chi connectivity index (χ3v) is 4.00. The van der Waals surface area contributed by atoms with Crippen LogP contribution in [0, 0.1) is 5.82 Å². The summed E-state index contributed by atoms with van der Waals surface area (Å²) in [6.07, 6.45) is 3.58. The topological polar surface area (TPSA) is 97.1 Å². The summed E-state index contributed by atoms with van der Waals surface area (Å²) in [5.41, 5.74) is -0.711. The lowest BCUT2D eigenvalue weighted by molar-refractivity contribution is -0.144. The molecule has 1 heterocycles. The molecule has 1 aromatic heterocycles.